The van der Waals surface area contributed by atoms with Crippen molar-refractivity contribution in [3.05, 3.63) is 35.9 Å². The van der Waals surface area contributed by atoms with Crippen molar-refractivity contribution in [2.75, 3.05) is 13.2 Å². The van der Waals surface area contributed by atoms with Crippen LogP contribution >= 0.6 is 0 Å². The number of unbranched alkanes of at least 4 members (excludes halogenated alkanes) is 2. The van der Waals surface area contributed by atoms with Crippen LogP contribution in [0.4, 0.5) is 0 Å². The van der Waals surface area contributed by atoms with Gasteiger partial charge in [-0.25, -0.2) is 0 Å². The molecule has 2 heteroatoms. The van der Waals surface area contributed by atoms with E-state index in [4.69, 9.17) is 5.11 Å². The summed E-state index contributed by atoms with van der Waals surface area (Å²) in [5.41, 5.74) is 1.61. The molecule has 1 atom stereocenters. The number of benzene rings is 1. The minimum atomic E-state index is 0.207. The largest absolute Gasteiger partial charge is 0.396 e. The first-order valence-electron chi connectivity index (χ1n) is 7.46. The van der Waals surface area contributed by atoms with Crippen molar-refractivity contribution in [1.29, 1.82) is 0 Å². The Bertz CT molecular complexity index is 334. The van der Waals surface area contributed by atoms with Crippen LogP contribution in [-0.4, -0.2) is 24.3 Å². The lowest BCUT2D eigenvalue weighted by molar-refractivity contribution is 0.282. The van der Waals surface area contributed by atoms with Gasteiger partial charge in [0.2, 0.25) is 0 Å². The second-order valence-corrected chi connectivity index (χ2v) is 6.09. The predicted molar refractivity (Wildman–Crippen MR) is 82.5 cm³/mol. The van der Waals surface area contributed by atoms with Crippen molar-refractivity contribution in [3.8, 4) is 0 Å². The third-order valence-electron chi connectivity index (χ3n) is 3.70. The Balaban J connectivity index is 2.32. The van der Waals surface area contributed by atoms with Crippen LogP contribution < -0.4 is 5.32 Å². The zero-order chi connectivity index (χ0) is 14.1. The molecule has 0 aliphatic rings. The number of rotatable bonds is 9. The second-order valence-electron chi connectivity index (χ2n) is 6.09. The zero-order valence-electron chi connectivity index (χ0n) is 12.7. The maximum Gasteiger partial charge on any atom is 0.0431 e. The van der Waals surface area contributed by atoms with Gasteiger partial charge in [0.1, 0.15) is 0 Å². The van der Waals surface area contributed by atoms with Gasteiger partial charge < -0.3 is 10.4 Å². The smallest absolute Gasteiger partial charge is 0.0431 e. The van der Waals surface area contributed by atoms with Gasteiger partial charge in [0.25, 0.3) is 0 Å². The molecule has 108 valence electrons. The fourth-order valence-electron chi connectivity index (χ4n) is 2.61. The van der Waals surface area contributed by atoms with Crippen molar-refractivity contribution in [1.82, 2.24) is 5.32 Å². The summed E-state index contributed by atoms with van der Waals surface area (Å²) < 4.78 is 0. The van der Waals surface area contributed by atoms with E-state index in [9.17, 15) is 0 Å². The highest BCUT2D eigenvalue weighted by Gasteiger charge is 2.22. The van der Waals surface area contributed by atoms with Crippen LogP contribution in [0.15, 0.2) is 30.3 Å². The molecule has 0 aromatic heterocycles. The second kappa shape index (κ2) is 8.34. The van der Waals surface area contributed by atoms with Crippen LogP contribution in [0.3, 0.4) is 0 Å². The Morgan fingerprint density at radius 1 is 1.11 bits per heavy atom. The molecule has 0 fully saturated rings. The van der Waals surface area contributed by atoms with Gasteiger partial charge in [0, 0.05) is 12.6 Å². The molecule has 0 aliphatic heterocycles. The van der Waals surface area contributed by atoms with E-state index >= 15 is 0 Å². The third kappa shape index (κ3) is 6.22. The summed E-state index contributed by atoms with van der Waals surface area (Å²) in [5.74, 6) is 0. The third-order valence-corrected chi connectivity index (χ3v) is 3.70. The molecule has 0 radical (unpaired) electrons. The quantitative estimate of drug-likeness (QED) is 0.668. The van der Waals surface area contributed by atoms with Crippen LogP contribution in [0.5, 0.6) is 0 Å². The van der Waals surface area contributed by atoms with Crippen LogP contribution in [0, 0.1) is 0 Å². The fraction of sp³-hybridized carbons (Fsp3) is 0.647. The van der Waals surface area contributed by atoms with E-state index in [0.29, 0.717) is 12.6 Å². The summed E-state index contributed by atoms with van der Waals surface area (Å²) in [5, 5.41) is 12.3. The molecule has 1 unspecified atom stereocenters. The molecule has 0 spiro atoms. The Hall–Kier alpha value is -0.860. The first kappa shape index (κ1) is 16.2. The van der Waals surface area contributed by atoms with Crippen molar-refractivity contribution >= 4 is 0 Å². The van der Waals surface area contributed by atoms with Gasteiger partial charge in [-0.2, -0.15) is 0 Å². The van der Waals surface area contributed by atoms with E-state index in [-0.39, 0.29) is 5.41 Å². The van der Waals surface area contributed by atoms with Crippen molar-refractivity contribution in [3.63, 3.8) is 0 Å². The summed E-state index contributed by atoms with van der Waals surface area (Å²) in [6.07, 6.45) is 4.32. The maximum absolute atomic E-state index is 8.73. The van der Waals surface area contributed by atoms with Crippen LogP contribution in [0.2, 0.25) is 0 Å². The Morgan fingerprint density at radius 2 is 1.79 bits per heavy atom. The molecule has 0 saturated heterocycles. The van der Waals surface area contributed by atoms with Gasteiger partial charge >= 0.3 is 0 Å². The molecule has 1 rings (SSSR count). The topological polar surface area (TPSA) is 32.3 Å². The van der Waals surface area contributed by atoms with Crippen molar-refractivity contribution in [2.24, 2.45) is 0 Å². The van der Waals surface area contributed by atoms with Crippen molar-refractivity contribution in [2.45, 2.75) is 57.9 Å². The molecule has 0 heterocycles. The molecule has 19 heavy (non-hydrogen) atoms. The zero-order valence-corrected chi connectivity index (χ0v) is 12.7. The lowest BCUT2D eigenvalue weighted by atomic mass is 9.79. The van der Waals surface area contributed by atoms with Gasteiger partial charge in [-0.1, -0.05) is 44.2 Å². The monoisotopic (exact) mass is 263 g/mol. The van der Waals surface area contributed by atoms with Gasteiger partial charge in [0.15, 0.2) is 0 Å². The molecule has 0 amide bonds. The summed E-state index contributed by atoms with van der Waals surface area (Å²) in [6, 6.07) is 11.3. The van der Waals surface area contributed by atoms with E-state index in [1.54, 1.807) is 0 Å². The average molecular weight is 263 g/mol. The van der Waals surface area contributed by atoms with Crippen molar-refractivity contribution < 1.29 is 5.11 Å². The van der Waals surface area contributed by atoms with Crippen LogP contribution in [0.1, 0.15) is 52.0 Å². The fourth-order valence-corrected chi connectivity index (χ4v) is 2.61. The Labute approximate surface area is 118 Å². The molecule has 2 N–H and O–H groups in total. The Morgan fingerprint density at radius 3 is 2.42 bits per heavy atom. The van der Waals surface area contributed by atoms with Gasteiger partial charge in [-0.05, 0) is 50.1 Å². The van der Waals surface area contributed by atoms with Gasteiger partial charge in [0.05, 0.1) is 0 Å². The predicted octanol–water partition coefficient (Wildman–Crippen LogP) is 3.50. The highest BCUT2D eigenvalue weighted by atomic mass is 16.2. The molecule has 1 aromatic rings. The highest BCUT2D eigenvalue weighted by molar-refractivity contribution is 5.23. The molecular weight excluding hydrogens is 234 g/mol. The minimum Gasteiger partial charge on any atom is -0.396 e. The normalized spacial score (nSPS) is 13.5. The first-order chi connectivity index (χ1) is 9.06. The van der Waals surface area contributed by atoms with E-state index in [1.165, 1.54) is 5.56 Å². The maximum atomic E-state index is 8.73. The van der Waals surface area contributed by atoms with E-state index < -0.39 is 0 Å². The van der Waals surface area contributed by atoms with E-state index in [0.717, 1.165) is 32.2 Å². The van der Waals surface area contributed by atoms with Crippen LogP contribution in [0.25, 0.3) is 0 Å². The number of nitrogens with one attached hydrogen (secondary N) is 1. The molecule has 1 aromatic carbocycles. The van der Waals surface area contributed by atoms with E-state index in [1.807, 2.05) is 0 Å². The molecular formula is C17H29NO. The van der Waals surface area contributed by atoms with E-state index in [2.05, 4.69) is 56.4 Å². The van der Waals surface area contributed by atoms with Crippen LogP contribution in [-0.2, 0) is 5.41 Å². The minimum absolute atomic E-state index is 0.207. The Kier molecular flexibility index (Phi) is 7.11. The lowest BCUT2D eigenvalue weighted by Crippen LogP contribution is -2.33. The summed E-state index contributed by atoms with van der Waals surface area (Å²) in [6.45, 7) is 8.25. The lowest BCUT2D eigenvalue weighted by Gasteiger charge is -2.29. The SMILES string of the molecule is CC(CC(C)(C)c1ccccc1)NCCCCCO. The highest BCUT2D eigenvalue weighted by Crippen LogP contribution is 2.28. The number of hydrogen-bond acceptors (Lipinski definition) is 2. The average Bonchev–Trinajstić information content (AvgIpc) is 2.39. The first-order valence-corrected chi connectivity index (χ1v) is 7.46. The van der Waals surface area contributed by atoms with Gasteiger partial charge in [-0.3, -0.25) is 0 Å². The summed E-state index contributed by atoms with van der Waals surface area (Å²) >= 11 is 0. The molecule has 2 nitrogen and oxygen atoms in total. The number of aliphatic hydroxyl groups excluding tert-OH is 1. The molecule has 0 bridgehead atoms. The number of hydrogen-bond donors (Lipinski definition) is 2. The summed E-state index contributed by atoms with van der Waals surface area (Å²) in [7, 11) is 0. The summed E-state index contributed by atoms with van der Waals surface area (Å²) in [4.78, 5) is 0. The van der Waals surface area contributed by atoms with Gasteiger partial charge in [-0.15, -0.1) is 0 Å². The molecule has 0 aliphatic carbocycles. The molecule has 0 saturated carbocycles. The standard InChI is InChI=1S/C17H29NO/c1-15(18-12-8-5-9-13-19)14-17(2,3)16-10-6-4-7-11-16/h4,6-7,10-11,15,18-19H,5,8-9,12-14H2,1-3H3. The number of aliphatic hydroxyl groups is 1.